The summed E-state index contributed by atoms with van der Waals surface area (Å²) < 4.78 is 0. The number of hydrogen-bond acceptors (Lipinski definition) is 2. The second-order valence-electron chi connectivity index (χ2n) is 5.95. The Morgan fingerprint density at radius 2 is 2.10 bits per heavy atom. The van der Waals surface area contributed by atoms with Crippen molar-refractivity contribution < 1.29 is 4.79 Å². The van der Waals surface area contributed by atoms with Crippen LogP contribution in [0.3, 0.4) is 0 Å². The zero-order valence-electron chi connectivity index (χ0n) is 12.9. The summed E-state index contributed by atoms with van der Waals surface area (Å²) >= 11 is 0. The highest BCUT2D eigenvalue weighted by molar-refractivity contribution is 5.84. The van der Waals surface area contributed by atoms with Crippen LogP contribution >= 0.6 is 0 Å². The first-order chi connectivity index (χ1) is 9.60. The monoisotopic (exact) mass is 274 g/mol. The van der Waals surface area contributed by atoms with Crippen LogP contribution in [0.4, 0.5) is 5.69 Å². The van der Waals surface area contributed by atoms with Crippen LogP contribution in [0.2, 0.25) is 0 Å². The lowest BCUT2D eigenvalue weighted by Gasteiger charge is -2.33. The lowest BCUT2D eigenvalue weighted by atomic mass is 10.00. The number of likely N-dealkylation sites (tertiary alicyclic amines) is 1. The standard InChI is InChI=1S/C17H26N2O/c1-4-15-7-9-16(10-8-15)18-14(3)17(20)19-11-5-6-13(2)12-19/h7-10,13-14,18H,4-6,11-12H2,1-3H3. The highest BCUT2D eigenvalue weighted by atomic mass is 16.2. The van der Waals surface area contributed by atoms with Gasteiger partial charge >= 0.3 is 0 Å². The Morgan fingerprint density at radius 1 is 1.40 bits per heavy atom. The average Bonchev–Trinajstić information content (AvgIpc) is 2.47. The highest BCUT2D eigenvalue weighted by Gasteiger charge is 2.24. The van der Waals surface area contributed by atoms with Crippen molar-refractivity contribution in [3.05, 3.63) is 29.8 Å². The number of rotatable bonds is 4. The van der Waals surface area contributed by atoms with Gasteiger partial charge in [-0.3, -0.25) is 4.79 Å². The Bertz CT molecular complexity index is 441. The first-order valence-electron chi connectivity index (χ1n) is 7.74. The van der Waals surface area contributed by atoms with Crippen molar-refractivity contribution in [3.63, 3.8) is 0 Å². The molecule has 20 heavy (non-hydrogen) atoms. The molecule has 1 amide bonds. The Hall–Kier alpha value is -1.51. The van der Waals surface area contributed by atoms with Crippen molar-refractivity contribution in [1.29, 1.82) is 0 Å². The van der Waals surface area contributed by atoms with Crippen LogP contribution in [0.15, 0.2) is 24.3 Å². The van der Waals surface area contributed by atoms with Gasteiger partial charge in [-0.05, 0) is 49.8 Å². The molecule has 1 N–H and O–H groups in total. The quantitative estimate of drug-likeness (QED) is 0.913. The van der Waals surface area contributed by atoms with Gasteiger partial charge in [0.1, 0.15) is 6.04 Å². The molecule has 2 atom stereocenters. The lowest BCUT2D eigenvalue weighted by molar-refractivity contribution is -0.133. The molecule has 1 aliphatic heterocycles. The summed E-state index contributed by atoms with van der Waals surface area (Å²) in [6, 6.07) is 8.18. The molecule has 1 aromatic carbocycles. The number of nitrogens with one attached hydrogen (secondary N) is 1. The van der Waals surface area contributed by atoms with Crippen molar-refractivity contribution in [1.82, 2.24) is 4.90 Å². The third-order valence-corrected chi connectivity index (χ3v) is 4.08. The van der Waals surface area contributed by atoms with Crippen molar-refractivity contribution in [2.24, 2.45) is 5.92 Å². The molecule has 1 fully saturated rings. The SMILES string of the molecule is CCc1ccc(NC(C)C(=O)N2CCCC(C)C2)cc1. The van der Waals surface area contributed by atoms with Crippen LogP contribution in [0, 0.1) is 5.92 Å². The van der Waals surface area contributed by atoms with Gasteiger partial charge in [-0.2, -0.15) is 0 Å². The van der Waals surface area contributed by atoms with Gasteiger partial charge in [-0.15, -0.1) is 0 Å². The number of amides is 1. The van der Waals surface area contributed by atoms with E-state index in [2.05, 4.69) is 43.4 Å². The smallest absolute Gasteiger partial charge is 0.244 e. The number of carbonyl (C=O) groups excluding carboxylic acids is 1. The van der Waals surface area contributed by atoms with Gasteiger partial charge in [0.05, 0.1) is 0 Å². The van der Waals surface area contributed by atoms with Crippen LogP contribution < -0.4 is 5.32 Å². The fourth-order valence-electron chi connectivity index (χ4n) is 2.81. The number of benzene rings is 1. The van der Waals surface area contributed by atoms with Gasteiger partial charge in [-0.1, -0.05) is 26.0 Å². The molecule has 3 heteroatoms. The van der Waals surface area contributed by atoms with Crippen molar-refractivity contribution in [2.45, 2.75) is 46.1 Å². The predicted octanol–water partition coefficient (Wildman–Crippen LogP) is 3.31. The molecular weight excluding hydrogens is 248 g/mol. The minimum atomic E-state index is -0.159. The highest BCUT2D eigenvalue weighted by Crippen LogP contribution is 2.17. The van der Waals surface area contributed by atoms with Crippen LogP contribution in [0.5, 0.6) is 0 Å². The maximum absolute atomic E-state index is 12.4. The normalized spacial score (nSPS) is 20.6. The third kappa shape index (κ3) is 3.75. The molecule has 1 aliphatic rings. The molecule has 0 saturated carbocycles. The lowest BCUT2D eigenvalue weighted by Crippen LogP contribution is -2.45. The molecule has 0 bridgehead atoms. The number of hydrogen-bond donors (Lipinski definition) is 1. The average molecular weight is 274 g/mol. The third-order valence-electron chi connectivity index (χ3n) is 4.08. The summed E-state index contributed by atoms with van der Waals surface area (Å²) in [6.07, 6.45) is 3.41. The fourth-order valence-corrected chi connectivity index (χ4v) is 2.81. The van der Waals surface area contributed by atoms with E-state index < -0.39 is 0 Å². The summed E-state index contributed by atoms with van der Waals surface area (Å²) in [5, 5.41) is 3.31. The largest absolute Gasteiger partial charge is 0.374 e. The van der Waals surface area contributed by atoms with E-state index in [-0.39, 0.29) is 11.9 Å². The minimum Gasteiger partial charge on any atom is -0.374 e. The van der Waals surface area contributed by atoms with Crippen LogP contribution in [0.25, 0.3) is 0 Å². The van der Waals surface area contributed by atoms with E-state index in [9.17, 15) is 4.79 Å². The Balaban J connectivity index is 1.92. The second-order valence-corrected chi connectivity index (χ2v) is 5.95. The van der Waals surface area contributed by atoms with E-state index in [1.807, 2.05) is 11.8 Å². The summed E-state index contributed by atoms with van der Waals surface area (Å²) in [6.45, 7) is 8.13. The van der Waals surface area contributed by atoms with E-state index in [0.29, 0.717) is 5.92 Å². The molecule has 0 aromatic heterocycles. The molecule has 1 saturated heterocycles. The molecule has 0 aliphatic carbocycles. The Labute approximate surface area is 122 Å². The minimum absolute atomic E-state index is 0.159. The molecular formula is C17H26N2O. The maximum Gasteiger partial charge on any atom is 0.244 e. The van der Waals surface area contributed by atoms with E-state index in [4.69, 9.17) is 0 Å². The zero-order valence-corrected chi connectivity index (χ0v) is 12.9. The van der Waals surface area contributed by atoms with Crippen LogP contribution in [-0.2, 0) is 11.2 Å². The number of nitrogens with zero attached hydrogens (tertiary/aromatic N) is 1. The maximum atomic E-state index is 12.4. The van der Waals surface area contributed by atoms with Gasteiger partial charge < -0.3 is 10.2 Å². The topological polar surface area (TPSA) is 32.3 Å². The van der Waals surface area contributed by atoms with Gasteiger partial charge in [0.15, 0.2) is 0 Å². The number of piperidine rings is 1. The van der Waals surface area contributed by atoms with E-state index in [1.54, 1.807) is 0 Å². The first kappa shape index (κ1) is 14.9. The Kier molecular flexibility index (Phi) is 5.05. The number of carbonyl (C=O) groups is 1. The van der Waals surface area contributed by atoms with Crippen molar-refractivity contribution >= 4 is 11.6 Å². The summed E-state index contributed by atoms with van der Waals surface area (Å²) in [5.41, 5.74) is 2.34. The molecule has 2 rings (SSSR count). The molecule has 0 spiro atoms. The molecule has 3 nitrogen and oxygen atoms in total. The van der Waals surface area contributed by atoms with Crippen molar-refractivity contribution in [2.75, 3.05) is 18.4 Å². The zero-order chi connectivity index (χ0) is 14.5. The van der Waals surface area contributed by atoms with Gasteiger partial charge in [0.25, 0.3) is 0 Å². The number of anilines is 1. The summed E-state index contributed by atoms with van der Waals surface area (Å²) in [7, 11) is 0. The second kappa shape index (κ2) is 6.78. The fraction of sp³-hybridized carbons (Fsp3) is 0.588. The van der Waals surface area contributed by atoms with Gasteiger partial charge in [0.2, 0.25) is 5.91 Å². The van der Waals surface area contributed by atoms with Crippen LogP contribution in [0.1, 0.15) is 39.2 Å². The molecule has 1 aromatic rings. The van der Waals surface area contributed by atoms with Crippen LogP contribution in [-0.4, -0.2) is 29.9 Å². The van der Waals surface area contributed by atoms with Crippen molar-refractivity contribution in [3.8, 4) is 0 Å². The first-order valence-corrected chi connectivity index (χ1v) is 7.74. The van der Waals surface area contributed by atoms with Gasteiger partial charge in [0, 0.05) is 18.8 Å². The van der Waals surface area contributed by atoms with E-state index in [1.165, 1.54) is 12.0 Å². The summed E-state index contributed by atoms with van der Waals surface area (Å²) in [5.74, 6) is 0.847. The Morgan fingerprint density at radius 3 is 2.70 bits per heavy atom. The predicted molar refractivity (Wildman–Crippen MR) is 83.9 cm³/mol. The van der Waals surface area contributed by atoms with E-state index in [0.717, 1.165) is 31.6 Å². The molecule has 110 valence electrons. The van der Waals surface area contributed by atoms with Gasteiger partial charge in [-0.25, -0.2) is 0 Å². The van der Waals surface area contributed by atoms with E-state index >= 15 is 0 Å². The molecule has 1 heterocycles. The molecule has 2 unspecified atom stereocenters. The summed E-state index contributed by atoms with van der Waals surface area (Å²) in [4.78, 5) is 14.4. The molecule has 0 radical (unpaired) electrons. The number of aryl methyl sites for hydroxylation is 1.